The maximum Gasteiger partial charge on any atom is 0.137 e. The highest BCUT2D eigenvalue weighted by molar-refractivity contribution is 9.10. The summed E-state index contributed by atoms with van der Waals surface area (Å²) in [5.41, 5.74) is 1.21. The van der Waals surface area contributed by atoms with Crippen molar-refractivity contribution in [2.45, 2.75) is 52.0 Å². The second kappa shape index (κ2) is 7.56. The van der Waals surface area contributed by atoms with Crippen LogP contribution in [-0.2, 0) is 0 Å². The normalized spacial score (nSPS) is 24.6. The van der Waals surface area contributed by atoms with Gasteiger partial charge in [-0.3, -0.25) is 0 Å². The van der Waals surface area contributed by atoms with Gasteiger partial charge in [0.25, 0.3) is 0 Å². The molecule has 0 bridgehead atoms. The molecule has 0 radical (unpaired) electrons. The number of nitrogens with one attached hydrogen (secondary N) is 1. The van der Waals surface area contributed by atoms with Crippen LogP contribution in [0.5, 0.6) is 0 Å². The molecule has 1 nitrogen and oxygen atoms in total. The third kappa shape index (κ3) is 4.05. The molecule has 1 unspecified atom stereocenters. The average molecular weight is 342 g/mol. The van der Waals surface area contributed by atoms with Crippen LogP contribution in [0.3, 0.4) is 0 Å². The maximum absolute atomic E-state index is 13.4. The van der Waals surface area contributed by atoms with E-state index in [1.165, 1.54) is 31.2 Å². The average Bonchev–Trinajstić information content (AvgIpc) is 2.45. The number of halogens is 2. The molecule has 1 N–H and O–H groups in total. The number of hydrogen-bond donors (Lipinski definition) is 1. The smallest absolute Gasteiger partial charge is 0.137 e. The van der Waals surface area contributed by atoms with E-state index in [1.54, 1.807) is 6.07 Å². The summed E-state index contributed by atoms with van der Waals surface area (Å²) in [6, 6.07) is 5.82. The predicted molar refractivity (Wildman–Crippen MR) is 86.3 cm³/mol. The number of benzene rings is 1. The summed E-state index contributed by atoms with van der Waals surface area (Å²) in [7, 11) is 0. The highest BCUT2D eigenvalue weighted by Crippen LogP contribution is 2.37. The van der Waals surface area contributed by atoms with Gasteiger partial charge in [0.1, 0.15) is 5.82 Å². The lowest BCUT2D eigenvalue weighted by Gasteiger charge is -2.34. The quantitative estimate of drug-likeness (QED) is 0.750. The third-order valence-corrected chi connectivity index (χ3v) is 5.06. The van der Waals surface area contributed by atoms with E-state index in [2.05, 4.69) is 35.1 Å². The Hall–Kier alpha value is -0.410. The van der Waals surface area contributed by atoms with Gasteiger partial charge < -0.3 is 5.32 Å². The van der Waals surface area contributed by atoms with Crippen LogP contribution in [0.15, 0.2) is 22.7 Å². The van der Waals surface area contributed by atoms with Crippen molar-refractivity contribution in [1.29, 1.82) is 0 Å². The van der Waals surface area contributed by atoms with Crippen LogP contribution in [0.4, 0.5) is 4.39 Å². The molecule has 1 atom stereocenters. The summed E-state index contributed by atoms with van der Waals surface area (Å²) in [5.74, 6) is 1.35. The predicted octanol–water partition coefficient (Wildman–Crippen LogP) is 5.46. The molecular formula is C17H25BrFN. The Kier molecular flexibility index (Phi) is 6.03. The molecular weight excluding hydrogens is 317 g/mol. The Balaban J connectivity index is 2.15. The fourth-order valence-corrected chi connectivity index (χ4v) is 3.58. The lowest BCUT2D eigenvalue weighted by molar-refractivity contribution is 0.231. The Bertz CT molecular complexity index is 427. The van der Waals surface area contributed by atoms with E-state index in [0.29, 0.717) is 16.4 Å². The highest BCUT2D eigenvalue weighted by Gasteiger charge is 2.27. The van der Waals surface area contributed by atoms with E-state index in [4.69, 9.17) is 0 Å². The molecule has 0 heterocycles. The molecule has 1 saturated carbocycles. The van der Waals surface area contributed by atoms with E-state index < -0.39 is 0 Å². The third-order valence-electron chi connectivity index (χ3n) is 4.45. The van der Waals surface area contributed by atoms with Crippen LogP contribution in [0, 0.1) is 17.7 Å². The molecule has 0 aromatic heterocycles. The van der Waals surface area contributed by atoms with E-state index in [0.717, 1.165) is 18.9 Å². The molecule has 0 saturated heterocycles. The van der Waals surface area contributed by atoms with Crippen molar-refractivity contribution in [1.82, 2.24) is 5.32 Å². The highest BCUT2D eigenvalue weighted by atomic mass is 79.9. The SMILES string of the molecule is CCCNC(c1ccc(F)c(Br)c1)C1CCC(C)CC1. The first-order chi connectivity index (χ1) is 9.61. The molecule has 1 fully saturated rings. The van der Waals surface area contributed by atoms with Gasteiger partial charge in [-0.2, -0.15) is 0 Å². The largest absolute Gasteiger partial charge is 0.310 e. The minimum absolute atomic E-state index is 0.180. The van der Waals surface area contributed by atoms with Gasteiger partial charge in [0.2, 0.25) is 0 Å². The van der Waals surface area contributed by atoms with Crippen LogP contribution in [0.2, 0.25) is 0 Å². The van der Waals surface area contributed by atoms with Crippen molar-refractivity contribution < 1.29 is 4.39 Å². The number of hydrogen-bond acceptors (Lipinski definition) is 1. The molecule has 0 aliphatic heterocycles. The molecule has 2 rings (SSSR count). The standard InChI is InChI=1S/C17H25BrFN/c1-3-10-20-17(13-6-4-12(2)5-7-13)14-8-9-16(19)15(18)11-14/h8-9,11-13,17,20H,3-7,10H2,1-2H3. The van der Waals surface area contributed by atoms with Gasteiger partial charge in [0, 0.05) is 6.04 Å². The van der Waals surface area contributed by atoms with Crippen LogP contribution >= 0.6 is 15.9 Å². The monoisotopic (exact) mass is 341 g/mol. The van der Waals surface area contributed by atoms with Crippen LogP contribution < -0.4 is 5.32 Å². The first-order valence-electron chi connectivity index (χ1n) is 7.80. The summed E-state index contributed by atoms with van der Waals surface area (Å²) in [6.07, 6.45) is 6.31. The van der Waals surface area contributed by atoms with Crippen molar-refractivity contribution in [3.8, 4) is 0 Å². The zero-order valence-corrected chi connectivity index (χ0v) is 14.0. The minimum Gasteiger partial charge on any atom is -0.310 e. The van der Waals surface area contributed by atoms with Crippen molar-refractivity contribution >= 4 is 15.9 Å². The Morgan fingerprint density at radius 1 is 1.30 bits per heavy atom. The lowest BCUT2D eigenvalue weighted by atomic mass is 9.77. The first-order valence-corrected chi connectivity index (χ1v) is 8.59. The zero-order valence-electron chi connectivity index (χ0n) is 12.5. The summed E-state index contributed by atoms with van der Waals surface area (Å²) >= 11 is 3.31. The molecule has 0 amide bonds. The second-order valence-electron chi connectivity index (χ2n) is 6.13. The van der Waals surface area contributed by atoms with Gasteiger partial charge in [-0.1, -0.05) is 32.8 Å². The van der Waals surface area contributed by atoms with Crippen molar-refractivity contribution in [3.05, 3.63) is 34.1 Å². The van der Waals surface area contributed by atoms with Crippen LogP contribution in [0.25, 0.3) is 0 Å². The van der Waals surface area contributed by atoms with E-state index in [-0.39, 0.29) is 5.82 Å². The first kappa shape index (κ1) is 16.0. The molecule has 112 valence electrons. The van der Waals surface area contributed by atoms with E-state index in [1.807, 2.05) is 12.1 Å². The molecule has 1 aromatic rings. The Morgan fingerprint density at radius 3 is 2.60 bits per heavy atom. The van der Waals surface area contributed by atoms with Gasteiger partial charge in [0.05, 0.1) is 4.47 Å². The van der Waals surface area contributed by atoms with Crippen molar-refractivity contribution in [3.63, 3.8) is 0 Å². The van der Waals surface area contributed by atoms with E-state index >= 15 is 0 Å². The summed E-state index contributed by atoms with van der Waals surface area (Å²) < 4.78 is 14.0. The fraction of sp³-hybridized carbons (Fsp3) is 0.647. The molecule has 3 heteroatoms. The van der Waals surface area contributed by atoms with Gasteiger partial charge in [0.15, 0.2) is 0 Å². The molecule has 0 spiro atoms. The molecule has 1 aromatic carbocycles. The number of rotatable bonds is 5. The van der Waals surface area contributed by atoms with Crippen LogP contribution in [-0.4, -0.2) is 6.54 Å². The van der Waals surface area contributed by atoms with Gasteiger partial charge >= 0.3 is 0 Å². The topological polar surface area (TPSA) is 12.0 Å². The summed E-state index contributed by atoms with van der Waals surface area (Å²) in [5, 5.41) is 3.67. The van der Waals surface area contributed by atoms with Gasteiger partial charge in [-0.25, -0.2) is 4.39 Å². The molecule has 1 aliphatic carbocycles. The Labute approximate surface area is 130 Å². The Morgan fingerprint density at radius 2 is 2.00 bits per heavy atom. The van der Waals surface area contributed by atoms with E-state index in [9.17, 15) is 4.39 Å². The molecule has 20 heavy (non-hydrogen) atoms. The van der Waals surface area contributed by atoms with Gasteiger partial charge in [-0.15, -0.1) is 0 Å². The van der Waals surface area contributed by atoms with Crippen LogP contribution in [0.1, 0.15) is 57.6 Å². The maximum atomic E-state index is 13.4. The van der Waals surface area contributed by atoms with Crippen molar-refractivity contribution in [2.24, 2.45) is 11.8 Å². The van der Waals surface area contributed by atoms with Crippen molar-refractivity contribution in [2.75, 3.05) is 6.54 Å². The zero-order chi connectivity index (χ0) is 14.5. The lowest BCUT2D eigenvalue weighted by Crippen LogP contribution is -2.31. The fourth-order valence-electron chi connectivity index (χ4n) is 3.18. The summed E-state index contributed by atoms with van der Waals surface area (Å²) in [6.45, 7) is 5.55. The summed E-state index contributed by atoms with van der Waals surface area (Å²) in [4.78, 5) is 0. The minimum atomic E-state index is -0.180. The molecule has 1 aliphatic rings. The van der Waals surface area contributed by atoms with Gasteiger partial charge in [-0.05, 0) is 71.3 Å². The second-order valence-corrected chi connectivity index (χ2v) is 6.98.